The van der Waals surface area contributed by atoms with Gasteiger partial charge in [-0.3, -0.25) is 4.79 Å². The van der Waals surface area contributed by atoms with E-state index in [0.29, 0.717) is 72.1 Å². The average Bonchev–Trinajstić information content (AvgIpc) is 3.47. The van der Waals surface area contributed by atoms with Crippen LogP contribution in [0, 0.1) is 13.8 Å². The minimum Gasteiger partial charge on any atom is -0.378 e. The number of aromatic nitrogens is 2. The molecule has 4 aromatic carbocycles. The summed E-state index contributed by atoms with van der Waals surface area (Å²) in [6.07, 6.45) is -10.1. The molecule has 1 aromatic heterocycles. The molecule has 5 rings (SSSR count). The summed E-state index contributed by atoms with van der Waals surface area (Å²) in [6, 6.07) is 22.7. The van der Waals surface area contributed by atoms with Gasteiger partial charge in [-0.15, -0.1) is 0 Å². The van der Waals surface area contributed by atoms with Crippen LogP contribution in [0.1, 0.15) is 38.2 Å². The van der Waals surface area contributed by atoms with Crippen molar-refractivity contribution in [3.63, 3.8) is 0 Å². The number of benzene rings is 4. The van der Waals surface area contributed by atoms with Gasteiger partial charge in [0, 0.05) is 41.9 Å². The molecule has 5 aromatic rings. The maximum atomic E-state index is 14.1. The Labute approximate surface area is 297 Å². The molecule has 0 aliphatic heterocycles. The van der Waals surface area contributed by atoms with Crippen LogP contribution in [0.5, 0.6) is 0 Å². The zero-order valence-corrected chi connectivity index (χ0v) is 28.6. The van der Waals surface area contributed by atoms with E-state index in [2.05, 4.69) is 5.32 Å². The number of aryl methyl sites for hydroxylation is 2. The SMILES string of the molecule is Cc1ccccc1-c1nc(-c2cc(C(F)(F)F)cc(C(F)(F)F)c2)n(Cc2ccc(C(=O)NCCOCCOCCN)cc2)c1-c1ccccc1C. The van der Waals surface area contributed by atoms with Gasteiger partial charge in [-0.1, -0.05) is 60.7 Å². The lowest BCUT2D eigenvalue weighted by atomic mass is 9.98. The van der Waals surface area contributed by atoms with Crippen molar-refractivity contribution in [2.75, 3.05) is 39.5 Å². The predicted molar refractivity (Wildman–Crippen MR) is 187 cm³/mol. The van der Waals surface area contributed by atoms with Gasteiger partial charge >= 0.3 is 12.4 Å². The molecule has 0 saturated heterocycles. The van der Waals surface area contributed by atoms with E-state index in [4.69, 9.17) is 20.2 Å². The van der Waals surface area contributed by atoms with Gasteiger partial charge in [0.1, 0.15) is 5.82 Å². The first-order valence-corrected chi connectivity index (χ1v) is 16.5. The Balaban J connectivity index is 1.58. The molecule has 7 nitrogen and oxygen atoms in total. The van der Waals surface area contributed by atoms with E-state index in [9.17, 15) is 31.1 Å². The van der Waals surface area contributed by atoms with Crippen LogP contribution in [0.15, 0.2) is 91.0 Å². The van der Waals surface area contributed by atoms with Gasteiger partial charge in [0.05, 0.1) is 48.9 Å². The van der Waals surface area contributed by atoms with E-state index < -0.39 is 23.5 Å². The van der Waals surface area contributed by atoms with Crippen LogP contribution >= 0.6 is 0 Å². The molecule has 0 unspecified atom stereocenters. The number of hydrogen-bond acceptors (Lipinski definition) is 5. The lowest BCUT2D eigenvalue weighted by Crippen LogP contribution is -2.27. The molecule has 1 amide bonds. The van der Waals surface area contributed by atoms with E-state index in [1.807, 2.05) is 50.2 Å². The maximum Gasteiger partial charge on any atom is 0.416 e. The van der Waals surface area contributed by atoms with Crippen LogP contribution < -0.4 is 11.1 Å². The van der Waals surface area contributed by atoms with Crippen LogP contribution in [-0.4, -0.2) is 55.0 Å². The highest BCUT2D eigenvalue weighted by Gasteiger charge is 2.38. The Morgan fingerprint density at radius 3 is 1.87 bits per heavy atom. The topological polar surface area (TPSA) is 91.4 Å². The van der Waals surface area contributed by atoms with Crippen LogP contribution in [0.3, 0.4) is 0 Å². The molecule has 274 valence electrons. The molecule has 1 heterocycles. The van der Waals surface area contributed by atoms with Crippen molar-refractivity contribution < 1.29 is 40.6 Å². The highest BCUT2D eigenvalue weighted by molar-refractivity contribution is 5.94. The highest BCUT2D eigenvalue weighted by atomic mass is 19.4. The summed E-state index contributed by atoms with van der Waals surface area (Å²) in [4.78, 5) is 17.6. The number of halogens is 6. The molecule has 52 heavy (non-hydrogen) atoms. The van der Waals surface area contributed by atoms with Gasteiger partial charge in [-0.25, -0.2) is 4.98 Å². The Bertz CT molecular complexity index is 1960. The van der Waals surface area contributed by atoms with Gasteiger partial charge in [-0.05, 0) is 60.9 Å². The summed E-state index contributed by atoms with van der Waals surface area (Å²) in [5.74, 6) is -0.424. The summed E-state index contributed by atoms with van der Waals surface area (Å²) in [6.45, 7) is 5.86. The van der Waals surface area contributed by atoms with Gasteiger partial charge in [-0.2, -0.15) is 26.3 Å². The van der Waals surface area contributed by atoms with Crippen LogP contribution in [0.2, 0.25) is 0 Å². The zero-order valence-electron chi connectivity index (χ0n) is 28.6. The van der Waals surface area contributed by atoms with Crippen LogP contribution in [0.4, 0.5) is 26.3 Å². The van der Waals surface area contributed by atoms with Crippen molar-refractivity contribution in [1.29, 1.82) is 0 Å². The van der Waals surface area contributed by atoms with E-state index in [1.54, 1.807) is 41.0 Å². The second kappa shape index (κ2) is 16.6. The van der Waals surface area contributed by atoms with Gasteiger partial charge in [0.25, 0.3) is 5.91 Å². The summed E-state index contributed by atoms with van der Waals surface area (Å²) < 4.78 is 96.6. The summed E-state index contributed by atoms with van der Waals surface area (Å²) in [7, 11) is 0. The summed E-state index contributed by atoms with van der Waals surface area (Å²) in [5, 5.41) is 2.78. The number of amides is 1. The number of rotatable bonds is 14. The van der Waals surface area contributed by atoms with Crippen molar-refractivity contribution >= 4 is 5.91 Å². The number of ether oxygens (including phenoxy) is 2. The lowest BCUT2D eigenvalue weighted by Gasteiger charge is -2.17. The molecular weight excluding hydrogens is 686 g/mol. The smallest absolute Gasteiger partial charge is 0.378 e. The maximum absolute atomic E-state index is 14.1. The van der Waals surface area contributed by atoms with Crippen molar-refractivity contribution in [2.24, 2.45) is 5.73 Å². The van der Waals surface area contributed by atoms with Crippen molar-refractivity contribution in [3.05, 3.63) is 124 Å². The van der Waals surface area contributed by atoms with Crippen molar-refractivity contribution in [1.82, 2.24) is 14.9 Å². The molecule has 0 atom stereocenters. The number of nitrogens with zero attached hydrogens (tertiary/aromatic N) is 2. The molecule has 0 spiro atoms. The van der Waals surface area contributed by atoms with Gasteiger partial charge in [0.15, 0.2) is 0 Å². The lowest BCUT2D eigenvalue weighted by molar-refractivity contribution is -0.143. The first-order chi connectivity index (χ1) is 24.8. The monoisotopic (exact) mass is 724 g/mol. The molecule has 13 heteroatoms. The first kappa shape index (κ1) is 38.3. The normalized spacial score (nSPS) is 11.9. The number of alkyl halides is 6. The van der Waals surface area contributed by atoms with Crippen molar-refractivity contribution in [3.8, 4) is 33.9 Å². The predicted octanol–water partition coefficient (Wildman–Crippen LogP) is 8.31. The zero-order chi connectivity index (χ0) is 37.5. The van der Waals surface area contributed by atoms with Crippen LogP contribution in [-0.2, 0) is 28.4 Å². The van der Waals surface area contributed by atoms with E-state index in [1.165, 1.54) is 0 Å². The largest absolute Gasteiger partial charge is 0.416 e. The fourth-order valence-corrected chi connectivity index (χ4v) is 5.74. The molecule has 0 aliphatic rings. The summed E-state index contributed by atoms with van der Waals surface area (Å²) in [5.41, 5.74) is 7.05. The van der Waals surface area contributed by atoms with Gasteiger partial charge < -0.3 is 25.1 Å². The molecule has 0 bridgehead atoms. The van der Waals surface area contributed by atoms with Crippen LogP contribution in [0.25, 0.3) is 33.9 Å². The quantitative estimate of drug-likeness (QED) is 0.0889. The Morgan fingerprint density at radius 1 is 0.750 bits per heavy atom. The van der Waals surface area contributed by atoms with Crippen molar-refractivity contribution in [2.45, 2.75) is 32.7 Å². The molecular formula is C39H38F6N4O3. The summed E-state index contributed by atoms with van der Waals surface area (Å²) >= 11 is 0. The minimum absolute atomic E-state index is 0.0114. The number of carbonyl (C=O) groups is 1. The highest BCUT2D eigenvalue weighted by Crippen LogP contribution is 2.42. The molecule has 3 N–H and O–H groups in total. The first-order valence-electron chi connectivity index (χ1n) is 16.5. The standard InChI is InChI=1S/C39H38F6N4O3/c1-25-7-3-5-9-32(25)34-35(33-10-6-4-8-26(33)2)49(36(48-34)29-21-30(38(40,41)42)23-31(22-29)39(43,44)45)24-27-11-13-28(14-12-27)37(50)47-16-18-52-20-19-51-17-15-46/h3-14,21-23H,15-20,24,46H2,1-2H3,(H,47,50). The van der Waals surface area contributed by atoms with E-state index in [-0.39, 0.29) is 43.1 Å². The third kappa shape index (κ3) is 9.27. The third-order valence-electron chi connectivity index (χ3n) is 8.34. The number of hydrogen-bond donors (Lipinski definition) is 2. The second-order valence-corrected chi connectivity index (χ2v) is 12.1. The molecule has 0 aliphatic carbocycles. The number of nitrogens with one attached hydrogen (secondary N) is 1. The average molecular weight is 725 g/mol. The number of nitrogens with two attached hydrogens (primary N) is 1. The third-order valence-corrected chi connectivity index (χ3v) is 8.34. The molecule has 0 fully saturated rings. The van der Waals surface area contributed by atoms with Gasteiger partial charge in [0.2, 0.25) is 0 Å². The Morgan fingerprint density at radius 2 is 1.31 bits per heavy atom. The number of imidazole rings is 1. The molecule has 0 radical (unpaired) electrons. The van der Waals surface area contributed by atoms with E-state index >= 15 is 0 Å². The van der Waals surface area contributed by atoms with E-state index in [0.717, 1.165) is 11.1 Å². The Kier molecular flexibility index (Phi) is 12.2. The minimum atomic E-state index is -5.05. The fraction of sp³-hybridized carbons (Fsp3) is 0.282. The second-order valence-electron chi connectivity index (χ2n) is 12.1. The fourth-order valence-electron chi connectivity index (χ4n) is 5.74. The Hall–Kier alpha value is -4.98. The number of carbonyl (C=O) groups excluding carboxylic acids is 1. The molecule has 0 saturated carbocycles.